The average Bonchev–Trinajstić information content (AvgIpc) is 3.24. The summed E-state index contributed by atoms with van der Waals surface area (Å²) in [5.41, 5.74) is 3.39. The van der Waals surface area contributed by atoms with E-state index in [-0.39, 0.29) is 29.0 Å². The molecule has 11 heteroatoms. The number of hydrogen-bond donors (Lipinski definition) is 1. The molecule has 3 aliphatic heterocycles. The molecule has 43 heavy (non-hydrogen) atoms. The minimum atomic E-state index is -0.218. The summed E-state index contributed by atoms with van der Waals surface area (Å²) in [5.74, 6) is 1.67. The lowest BCUT2D eigenvalue weighted by molar-refractivity contribution is -0.121. The van der Waals surface area contributed by atoms with Crippen LogP contribution in [0.2, 0.25) is 0 Å². The first-order valence-electron chi connectivity index (χ1n) is 14.7. The van der Waals surface area contributed by atoms with Crippen LogP contribution in [0.5, 0.6) is 5.75 Å². The van der Waals surface area contributed by atoms with Gasteiger partial charge in [0.1, 0.15) is 5.39 Å². The second-order valence-corrected chi connectivity index (χ2v) is 13.0. The number of hydrogen-bond acceptors (Lipinski definition) is 8. The molecule has 0 atom stereocenters. The molecule has 1 N–H and O–H groups in total. The van der Waals surface area contributed by atoms with Crippen LogP contribution in [0.4, 0.5) is 17.5 Å². The predicted molar refractivity (Wildman–Crippen MR) is 165 cm³/mol. The summed E-state index contributed by atoms with van der Waals surface area (Å²) in [7, 11) is 2.15. The molecule has 3 aromatic heterocycles. The molecule has 222 valence electrons. The highest BCUT2D eigenvalue weighted by molar-refractivity contribution is 5.97. The largest absolute Gasteiger partial charge is 0.480 e. The molecule has 0 saturated carbocycles. The molecule has 0 spiro atoms. The zero-order valence-corrected chi connectivity index (χ0v) is 25.2. The van der Waals surface area contributed by atoms with E-state index in [0.29, 0.717) is 47.5 Å². The van der Waals surface area contributed by atoms with Crippen LogP contribution in [0, 0.1) is 5.41 Å². The number of fused-ring (bicyclic) bond motifs is 6. The lowest BCUT2D eigenvalue weighted by Gasteiger charge is -2.41. The molecule has 0 radical (unpaired) electrons. The molecule has 0 aliphatic carbocycles. The Morgan fingerprint density at radius 1 is 1.02 bits per heavy atom. The van der Waals surface area contributed by atoms with Crippen molar-refractivity contribution in [1.82, 2.24) is 29.2 Å². The fraction of sp³-hybridized carbons (Fsp3) is 0.406. The summed E-state index contributed by atoms with van der Waals surface area (Å²) in [6.45, 7) is 10.5. The molecule has 0 unspecified atom stereocenters. The summed E-state index contributed by atoms with van der Waals surface area (Å²) < 4.78 is 9.05. The molecule has 1 aromatic carbocycles. The van der Waals surface area contributed by atoms with Crippen molar-refractivity contribution < 1.29 is 9.53 Å². The van der Waals surface area contributed by atoms with Crippen LogP contribution in [0.3, 0.4) is 0 Å². The number of carbonyl (C=O) groups excluding carboxylic acids is 1. The van der Waals surface area contributed by atoms with Gasteiger partial charge < -0.3 is 10.1 Å². The van der Waals surface area contributed by atoms with Gasteiger partial charge in [-0.15, -0.1) is 0 Å². The third kappa shape index (κ3) is 4.58. The van der Waals surface area contributed by atoms with Crippen molar-refractivity contribution in [1.29, 1.82) is 0 Å². The van der Waals surface area contributed by atoms with Gasteiger partial charge in [0.25, 0.3) is 11.5 Å². The molecule has 0 fully saturated rings. The van der Waals surface area contributed by atoms with Crippen molar-refractivity contribution in [2.24, 2.45) is 5.41 Å². The highest BCUT2D eigenvalue weighted by atomic mass is 16.5. The van der Waals surface area contributed by atoms with Crippen LogP contribution in [-0.2, 0) is 23.3 Å². The van der Waals surface area contributed by atoms with Gasteiger partial charge in [-0.05, 0) is 74.5 Å². The van der Waals surface area contributed by atoms with E-state index in [0.717, 1.165) is 25.1 Å². The number of pyridine rings is 1. The van der Waals surface area contributed by atoms with E-state index in [1.165, 1.54) is 11.1 Å². The monoisotopic (exact) mass is 580 g/mol. The van der Waals surface area contributed by atoms with Crippen molar-refractivity contribution in [3.05, 3.63) is 70.2 Å². The quantitative estimate of drug-likeness (QED) is 0.352. The Hall–Kier alpha value is -4.51. The maximum Gasteiger partial charge on any atom is 0.278 e. The highest BCUT2D eigenvalue weighted by Gasteiger charge is 2.34. The van der Waals surface area contributed by atoms with Gasteiger partial charge in [-0.25, -0.2) is 19.3 Å². The van der Waals surface area contributed by atoms with Crippen LogP contribution >= 0.6 is 0 Å². The molecule has 4 aromatic rings. The van der Waals surface area contributed by atoms with Crippen molar-refractivity contribution >= 4 is 34.4 Å². The smallest absolute Gasteiger partial charge is 0.278 e. The SMILES string of the molecule is CN1CCc2ccc(Nc3ncc4c(=O)n5n(c4n3)-c3ccc4c(n3)N(CC(C)(C)CC=CC5)C(=O)CO4)cc2C1(C)C. The predicted octanol–water partition coefficient (Wildman–Crippen LogP) is 4.16. The third-order valence-corrected chi connectivity index (χ3v) is 9.02. The second kappa shape index (κ2) is 9.77. The minimum absolute atomic E-state index is 0.0322. The number of likely N-dealkylation sites (N-methyl/N-ethyl adjacent to an activating group) is 1. The first-order valence-corrected chi connectivity index (χ1v) is 14.7. The normalized spacial score (nSPS) is 19.2. The maximum atomic E-state index is 13.7. The number of aromatic nitrogens is 5. The Bertz CT molecular complexity index is 1870. The summed E-state index contributed by atoms with van der Waals surface area (Å²) >= 11 is 0. The van der Waals surface area contributed by atoms with Gasteiger partial charge in [-0.3, -0.25) is 19.4 Å². The maximum absolute atomic E-state index is 13.7. The summed E-state index contributed by atoms with van der Waals surface area (Å²) in [4.78, 5) is 45.0. The number of ether oxygens (including phenoxy) is 1. The minimum Gasteiger partial charge on any atom is -0.480 e. The van der Waals surface area contributed by atoms with Gasteiger partial charge in [0.15, 0.2) is 29.6 Å². The Morgan fingerprint density at radius 3 is 2.70 bits per heavy atom. The number of rotatable bonds is 2. The van der Waals surface area contributed by atoms with E-state index in [4.69, 9.17) is 14.7 Å². The van der Waals surface area contributed by atoms with Gasteiger partial charge in [0, 0.05) is 30.5 Å². The molecule has 6 heterocycles. The first kappa shape index (κ1) is 27.3. The summed E-state index contributed by atoms with van der Waals surface area (Å²) in [5, 5.41) is 3.75. The fourth-order valence-corrected chi connectivity index (χ4v) is 6.25. The zero-order chi connectivity index (χ0) is 30.1. The van der Waals surface area contributed by atoms with E-state index in [1.54, 1.807) is 32.6 Å². The number of nitrogens with zero attached hydrogens (tertiary/aromatic N) is 7. The van der Waals surface area contributed by atoms with Crippen LogP contribution in [0.1, 0.15) is 45.2 Å². The molecular weight excluding hydrogens is 544 g/mol. The van der Waals surface area contributed by atoms with Crippen molar-refractivity contribution in [2.45, 2.75) is 52.6 Å². The summed E-state index contributed by atoms with van der Waals surface area (Å²) in [6.07, 6.45) is 7.35. The van der Waals surface area contributed by atoms with Gasteiger partial charge in [-0.1, -0.05) is 32.1 Å². The van der Waals surface area contributed by atoms with Gasteiger partial charge in [0.2, 0.25) is 5.95 Å². The lowest BCUT2D eigenvalue weighted by Crippen LogP contribution is -2.44. The van der Waals surface area contributed by atoms with E-state index < -0.39 is 0 Å². The van der Waals surface area contributed by atoms with E-state index in [2.05, 4.69) is 68.2 Å². The van der Waals surface area contributed by atoms with E-state index in [9.17, 15) is 9.59 Å². The van der Waals surface area contributed by atoms with Crippen LogP contribution in [0.25, 0.3) is 16.9 Å². The molecular formula is C32H36N8O3. The molecule has 3 aliphatic rings. The fourth-order valence-electron chi connectivity index (χ4n) is 6.25. The second-order valence-electron chi connectivity index (χ2n) is 13.0. The number of allylic oxidation sites excluding steroid dienone is 2. The molecule has 0 saturated heterocycles. The average molecular weight is 581 g/mol. The van der Waals surface area contributed by atoms with Gasteiger partial charge in [-0.2, -0.15) is 4.98 Å². The lowest BCUT2D eigenvalue weighted by atomic mass is 9.83. The zero-order valence-electron chi connectivity index (χ0n) is 25.2. The molecule has 7 rings (SSSR count). The molecule has 2 bridgehead atoms. The molecule has 11 nitrogen and oxygen atoms in total. The van der Waals surface area contributed by atoms with Crippen molar-refractivity contribution in [3.63, 3.8) is 0 Å². The Morgan fingerprint density at radius 2 is 1.86 bits per heavy atom. The topological polar surface area (TPSA) is 110 Å². The van der Waals surface area contributed by atoms with E-state index in [1.807, 2.05) is 12.1 Å². The molecule has 1 amide bonds. The standard InChI is InChI=1S/C32H36N8O3/c1-31(2)13-6-7-14-39-29(42)22-17-33-30(34-21-9-8-20-12-15-37(5)32(3,4)23(20)16-21)36-27(22)40(39)25-11-10-24-28(35-25)38(19-31)26(41)18-43-24/h6-11,16-17H,12-15,18-19H2,1-5H3,(H,33,34,36). The number of carbonyl (C=O) groups is 1. The number of benzene rings is 1. The third-order valence-electron chi connectivity index (χ3n) is 9.02. The number of anilines is 3. The Labute approximate surface area is 249 Å². The summed E-state index contributed by atoms with van der Waals surface area (Å²) in [6, 6.07) is 9.98. The van der Waals surface area contributed by atoms with Crippen LogP contribution < -0.4 is 20.5 Å². The number of nitrogens with one attached hydrogen (secondary N) is 1. The van der Waals surface area contributed by atoms with Crippen LogP contribution in [0.15, 0.2) is 53.5 Å². The Kier molecular flexibility index (Phi) is 6.21. The number of amides is 1. The Balaban J connectivity index is 1.35. The van der Waals surface area contributed by atoms with Crippen molar-refractivity contribution in [2.75, 3.05) is 37.0 Å². The van der Waals surface area contributed by atoms with Crippen molar-refractivity contribution in [3.8, 4) is 11.6 Å². The highest BCUT2D eigenvalue weighted by Crippen LogP contribution is 2.37. The van der Waals surface area contributed by atoms with Crippen LogP contribution in [-0.4, -0.2) is 61.9 Å². The van der Waals surface area contributed by atoms with Gasteiger partial charge >= 0.3 is 0 Å². The first-order chi connectivity index (χ1) is 20.5. The van der Waals surface area contributed by atoms with Gasteiger partial charge in [0.05, 0.1) is 6.54 Å². The van der Waals surface area contributed by atoms with E-state index >= 15 is 0 Å².